The molecule has 2 aliphatic rings. The Balaban J connectivity index is 2.01. The summed E-state index contributed by atoms with van der Waals surface area (Å²) in [6.45, 7) is 7.12. The van der Waals surface area contributed by atoms with Crippen LogP contribution in [0.1, 0.15) is 65.7 Å². The highest BCUT2D eigenvalue weighted by Gasteiger charge is 2.45. The van der Waals surface area contributed by atoms with E-state index in [-0.39, 0.29) is 6.61 Å². The molecule has 21 heavy (non-hydrogen) atoms. The number of hydrogen-bond acceptors (Lipinski definition) is 2. The monoisotopic (exact) mass is 292 g/mol. The van der Waals surface area contributed by atoms with E-state index in [4.69, 9.17) is 4.74 Å². The Hall–Kier alpha value is -0.600. The molecule has 1 aliphatic heterocycles. The van der Waals surface area contributed by atoms with Crippen LogP contribution < -0.4 is 0 Å². The van der Waals surface area contributed by atoms with Gasteiger partial charge in [-0.25, -0.2) is 0 Å². The van der Waals surface area contributed by atoms with Gasteiger partial charge in [0, 0.05) is 6.61 Å². The number of allylic oxidation sites excluding steroid dienone is 4. The molecule has 0 aromatic heterocycles. The largest absolute Gasteiger partial charge is 0.396 e. The predicted octanol–water partition coefficient (Wildman–Crippen LogP) is 4.64. The van der Waals surface area contributed by atoms with Gasteiger partial charge in [-0.1, -0.05) is 30.2 Å². The van der Waals surface area contributed by atoms with E-state index in [9.17, 15) is 5.11 Å². The molecule has 0 spiro atoms. The summed E-state index contributed by atoms with van der Waals surface area (Å²) in [5.41, 5.74) is 3.02. The van der Waals surface area contributed by atoms with Crippen LogP contribution in [0.15, 0.2) is 23.3 Å². The molecule has 0 radical (unpaired) electrons. The fraction of sp³-hybridized carbons (Fsp3) is 0.789. The molecule has 120 valence electrons. The van der Waals surface area contributed by atoms with Gasteiger partial charge in [0.2, 0.25) is 0 Å². The molecule has 1 fully saturated rings. The number of aliphatic hydroxyl groups is 1. The van der Waals surface area contributed by atoms with Crippen LogP contribution in [0, 0.1) is 11.8 Å². The Morgan fingerprint density at radius 3 is 2.57 bits per heavy atom. The van der Waals surface area contributed by atoms with Crippen molar-refractivity contribution < 1.29 is 9.84 Å². The Kier molecular flexibility index (Phi) is 6.50. The van der Waals surface area contributed by atoms with Crippen molar-refractivity contribution in [2.75, 3.05) is 6.61 Å². The minimum absolute atomic E-state index is 0.287. The van der Waals surface area contributed by atoms with Crippen LogP contribution in [0.2, 0.25) is 0 Å². The Bertz CT molecular complexity index is 383. The lowest BCUT2D eigenvalue weighted by Gasteiger charge is -2.21. The summed E-state index contributed by atoms with van der Waals surface area (Å²) in [6, 6.07) is 0. The summed E-state index contributed by atoms with van der Waals surface area (Å²) in [5.74, 6) is 1.16. The molecule has 1 heterocycles. The third-order valence-electron chi connectivity index (χ3n) is 5.21. The van der Waals surface area contributed by atoms with Gasteiger partial charge < -0.3 is 9.84 Å². The van der Waals surface area contributed by atoms with Crippen LogP contribution in [-0.4, -0.2) is 23.9 Å². The van der Waals surface area contributed by atoms with E-state index in [0.29, 0.717) is 24.0 Å². The highest BCUT2D eigenvalue weighted by molar-refractivity contribution is 5.05. The summed E-state index contributed by atoms with van der Waals surface area (Å²) in [7, 11) is 0. The lowest BCUT2D eigenvalue weighted by atomic mass is 9.83. The Morgan fingerprint density at radius 1 is 1.10 bits per heavy atom. The Morgan fingerprint density at radius 2 is 1.81 bits per heavy atom. The van der Waals surface area contributed by atoms with Gasteiger partial charge in [-0.3, -0.25) is 0 Å². The smallest absolute Gasteiger partial charge is 0.0873 e. The van der Waals surface area contributed by atoms with Gasteiger partial charge in [0.1, 0.15) is 0 Å². The molecule has 2 nitrogen and oxygen atoms in total. The molecule has 2 rings (SSSR count). The average molecular weight is 292 g/mol. The maximum Gasteiger partial charge on any atom is 0.0873 e. The van der Waals surface area contributed by atoms with Gasteiger partial charge in [-0.05, 0) is 70.6 Å². The first-order valence-corrected chi connectivity index (χ1v) is 8.69. The number of fused-ring (bicyclic) bond motifs is 1. The first kappa shape index (κ1) is 16.8. The summed E-state index contributed by atoms with van der Waals surface area (Å²) in [6.07, 6.45) is 13.6. The topological polar surface area (TPSA) is 32.8 Å². The highest BCUT2D eigenvalue weighted by Crippen LogP contribution is 2.40. The van der Waals surface area contributed by atoms with Crippen molar-refractivity contribution >= 4 is 0 Å². The average Bonchev–Trinajstić information content (AvgIpc) is 3.21. The zero-order valence-corrected chi connectivity index (χ0v) is 14.0. The van der Waals surface area contributed by atoms with Crippen molar-refractivity contribution in [2.24, 2.45) is 11.8 Å². The standard InChI is InChI=1S/C19H32O2/c1-14-6-4-7-15(2)10-11-18-19(21-18)17(12-13-20)16(3)9-5-8-14/h7-8,16-20H,4-6,9-13H2,1-3H3/b14-8+,15-7+/t16-,17-,18?,19-/m0/s1. The van der Waals surface area contributed by atoms with Crippen LogP contribution >= 0.6 is 0 Å². The molecule has 1 unspecified atom stereocenters. The first-order chi connectivity index (χ1) is 10.1. The highest BCUT2D eigenvalue weighted by atomic mass is 16.6. The summed E-state index contributed by atoms with van der Waals surface area (Å²) < 4.78 is 5.94. The van der Waals surface area contributed by atoms with Gasteiger partial charge in [0.05, 0.1) is 12.2 Å². The number of ether oxygens (including phenoxy) is 1. The number of rotatable bonds is 2. The summed E-state index contributed by atoms with van der Waals surface area (Å²) >= 11 is 0. The maximum absolute atomic E-state index is 9.35. The fourth-order valence-electron chi connectivity index (χ4n) is 3.61. The third kappa shape index (κ3) is 5.27. The minimum atomic E-state index is 0.287. The van der Waals surface area contributed by atoms with E-state index in [1.165, 1.54) is 30.4 Å². The molecule has 0 aromatic rings. The zero-order valence-electron chi connectivity index (χ0n) is 14.0. The van der Waals surface area contributed by atoms with Crippen molar-refractivity contribution in [3.63, 3.8) is 0 Å². The van der Waals surface area contributed by atoms with Crippen LogP contribution in [0.25, 0.3) is 0 Å². The number of epoxide rings is 1. The molecule has 1 N–H and O–H groups in total. The quantitative estimate of drug-likeness (QED) is 0.594. The normalized spacial score (nSPS) is 40.2. The molecule has 0 bridgehead atoms. The number of aliphatic hydroxyl groups excluding tert-OH is 1. The van der Waals surface area contributed by atoms with Gasteiger partial charge in [0.25, 0.3) is 0 Å². The van der Waals surface area contributed by atoms with E-state index >= 15 is 0 Å². The SMILES string of the molecule is C/C1=C\CC[C@H](C)[C@H](CCO)[C@@H]2OC2CC/C(C)=C/CC1. The Labute approximate surface area is 130 Å². The van der Waals surface area contributed by atoms with Crippen molar-refractivity contribution in [3.05, 3.63) is 23.3 Å². The summed E-state index contributed by atoms with van der Waals surface area (Å²) in [4.78, 5) is 0. The van der Waals surface area contributed by atoms with E-state index in [0.717, 1.165) is 25.7 Å². The van der Waals surface area contributed by atoms with E-state index in [1.54, 1.807) is 0 Å². The number of hydrogen-bond donors (Lipinski definition) is 1. The van der Waals surface area contributed by atoms with Crippen molar-refractivity contribution in [2.45, 2.75) is 77.9 Å². The first-order valence-electron chi connectivity index (χ1n) is 8.69. The van der Waals surface area contributed by atoms with Crippen molar-refractivity contribution in [1.82, 2.24) is 0 Å². The van der Waals surface area contributed by atoms with Gasteiger partial charge in [0.15, 0.2) is 0 Å². The van der Waals surface area contributed by atoms with E-state index in [2.05, 4.69) is 32.9 Å². The lowest BCUT2D eigenvalue weighted by molar-refractivity contribution is 0.185. The molecule has 0 aromatic carbocycles. The van der Waals surface area contributed by atoms with Crippen molar-refractivity contribution in [3.8, 4) is 0 Å². The van der Waals surface area contributed by atoms with Crippen LogP contribution in [0.5, 0.6) is 0 Å². The van der Waals surface area contributed by atoms with Gasteiger partial charge in [-0.2, -0.15) is 0 Å². The molecule has 1 saturated heterocycles. The van der Waals surface area contributed by atoms with Crippen molar-refractivity contribution in [1.29, 1.82) is 0 Å². The van der Waals surface area contributed by atoms with E-state index in [1.807, 2.05) is 0 Å². The minimum Gasteiger partial charge on any atom is -0.396 e. The lowest BCUT2D eigenvalue weighted by Crippen LogP contribution is -2.21. The molecule has 4 atom stereocenters. The molecule has 0 saturated carbocycles. The molecule has 0 amide bonds. The second-order valence-corrected chi connectivity index (χ2v) is 7.05. The molecular weight excluding hydrogens is 260 g/mol. The second kappa shape index (κ2) is 8.14. The summed E-state index contributed by atoms with van der Waals surface area (Å²) in [5, 5.41) is 9.35. The van der Waals surface area contributed by atoms with Crippen LogP contribution in [-0.2, 0) is 4.74 Å². The van der Waals surface area contributed by atoms with E-state index < -0.39 is 0 Å². The molecule has 1 aliphatic carbocycles. The zero-order chi connectivity index (χ0) is 15.2. The fourth-order valence-corrected chi connectivity index (χ4v) is 3.61. The maximum atomic E-state index is 9.35. The van der Waals surface area contributed by atoms with Crippen LogP contribution in [0.4, 0.5) is 0 Å². The van der Waals surface area contributed by atoms with Gasteiger partial charge in [-0.15, -0.1) is 0 Å². The molecular formula is C19H32O2. The van der Waals surface area contributed by atoms with Gasteiger partial charge >= 0.3 is 0 Å². The third-order valence-corrected chi connectivity index (χ3v) is 5.21. The second-order valence-electron chi connectivity index (χ2n) is 7.05. The van der Waals surface area contributed by atoms with Crippen LogP contribution in [0.3, 0.4) is 0 Å². The predicted molar refractivity (Wildman–Crippen MR) is 88.2 cm³/mol. The molecule has 2 heteroatoms.